The number of carbonyl (C=O) groups is 1. The highest BCUT2D eigenvalue weighted by atomic mass is 19.1. The highest BCUT2D eigenvalue weighted by molar-refractivity contribution is 5.80. The van der Waals surface area contributed by atoms with Crippen molar-refractivity contribution in [3.8, 4) is 11.1 Å². The zero-order chi connectivity index (χ0) is 15.0. The van der Waals surface area contributed by atoms with Gasteiger partial charge in [-0.3, -0.25) is 4.79 Å². The molecule has 0 heterocycles. The summed E-state index contributed by atoms with van der Waals surface area (Å²) in [6, 6.07) is 4.81. The van der Waals surface area contributed by atoms with E-state index >= 15 is 0 Å². The molecule has 2 heteroatoms. The maximum Gasteiger partial charge on any atom is 0.152 e. The molecule has 0 bridgehead atoms. The number of rotatable bonds is 2. The molecule has 2 aromatic carbocycles. The summed E-state index contributed by atoms with van der Waals surface area (Å²) in [7, 11) is 0. The molecule has 0 aliphatic carbocycles. The van der Waals surface area contributed by atoms with E-state index in [1.165, 1.54) is 33.9 Å². The van der Waals surface area contributed by atoms with Crippen molar-refractivity contribution in [3.05, 3.63) is 57.4 Å². The Morgan fingerprint density at radius 2 is 1.35 bits per heavy atom. The van der Waals surface area contributed by atoms with Crippen LogP contribution in [0.2, 0.25) is 0 Å². The van der Waals surface area contributed by atoms with Gasteiger partial charge < -0.3 is 0 Å². The first-order valence-electron chi connectivity index (χ1n) is 6.70. The second-order valence-corrected chi connectivity index (χ2v) is 5.35. The molecular formula is C18H19FO. The summed E-state index contributed by atoms with van der Waals surface area (Å²) in [5.41, 5.74) is 8.10. The third-order valence-electron chi connectivity index (χ3n) is 4.42. The van der Waals surface area contributed by atoms with Gasteiger partial charge in [-0.05, 0) is 85.7 Å². The summed E-state index contributed by atoms with van der Waals surface area (Å²) < 4.78 is 13.8. The second kappa shape index (κ2) is 5.20. The zero-order valence-electron chi connectivity index (χ0n) is 12.6. The Morgan fingerprint density at radius 1 is 0.850 bits per heavy atom. The lowest BCUT2D eigenvalue weighted by molar-refractivity contribution is 0.112. The fraction of sp³-hybridized carbons (Fsp3) is 0.278. The summed E-state index contributed by atoms with van der Waals surface area (Å²) in [5, 5.41) is 0. The van der Waals surface area contributed by atoms with Crippen LogP contribution in [-0.2, 0) is 0 Å². The van der Waals surface area contributed by atoms with Gasteiger partial charge >= 0.3 is 0 Å². The quantitative estimate of drug-likeness (QED) is 0.713. The number of benzene rings is 2. The Kier molecular flexibility index (Phi) is 3.76. The fourth-order valence-corrected chi connectivity index (χ4v) is 2.71. The number of halogens is 1. The van der Waals surface area contributed by atoms with E-state index in [1.807, 2.05) is 6.07 Å². The topological polar surface area (TPSA) is 17.1 Å². The molecule has 0 N–H and O–H groups in total. The molecule has 0 atom stereocenters. The first kappa shape index (κ1) is 14.4. The third kappa shape index (κ3) is 2.15. The van der Waals surface area contributed by atoms with Gasteiger partial charge in [0.05, 0.1) is 5.56 Å². The monoisotopic (exact) mass is 270 g/mol. The Bertz CT molecular complexity index is 670. The lowest BCUT2D eigenvalue weighted by Crippen LogP contribution is -2.00. The largest absolute Gasteiger partial charge is 0.298 e. The van der Waals surface area contributed by atoms with Crippen molar-refractivity contribution in [1.82, 2.24) is 0 Å². The molecule has 0 aliphatic heterocycles. The van der Waals surface area contributed by atoms with Crippen LogP contribution >= 0.6 is 0 Å². The lowest BCUT2D eigenvalue weighted by Gasteiger charge is -2.19. The molecule has 0 unspecified atom stereocenters. The van der Waals surface area contributed by atoms with Gasteiger partial charge in [0, 0.05) is 0 Å². The summed E-state index contributed by atoms with van der Waals surface area (Å²) in [6.45, 7) is 10.4. The Balaban J connectivity index is 2.76. The first-order valence-corrected chi connectivity index (χ1v) is 6.70. The molecule has 0 aromatic heterocycles. The van der Waals surface area contributed by atoms with E-state index in [9.17, 15) is 9.18 Å². The van der Waals surface area contributed by atoms with Crippen molar-refractivity contribution < 1.29 is 9.18 Å². The van der Waals surface area contributed by atoms with Gasteiger partial charge in [-0.1, -0.05) is 6.07 Å². The minimum Gasteiger partial charge on any atom is -0.298 e. The van der Waals surface area contributed by atoms with Crippen LogP contribution in [0.15, 0.2) is 18.2 Å². The van der Waals surface area contributed by atoms with Crippen LogP contribution in [0.3, 0.4) is 0 Å². The number of aldehydes is 1. The van der Waals surface area contributed by atoms with Crippen molar-refractivity contribution in [3.63, 3.8) is 0 Å². The predicted octanol–water partition coefficient (Wildman–Crippen LogP) is 4.85. The van der Waals surface area contributed by atoms with Gasteiger partial charge in [-0.25, -0.2) is 4.39 Å². The molecule has 20 heavy (non-hydrogen) atoms. The van der Waals surface area contributed by atoms with Gasteiger partial charge in [0.25, 0.3) is 0 Å². The summed E-state index contributed by atoms with van der Waals surface area (Å²) >= 11 is 0. The Labute approximate surface area is 119 Å². The van der Waals surface area contributed by atoms with Crippen molar-refractivity contribution in [2.75, 3.05) is 0 Å². The van der Waals surface area contributed by atoms with Gasteiger partial charge in [-0.15, -0.1) is 0 Å². The van der Waals surface area contributed by atoms with Gasteiger partial charge in [0.15, 0.2) is 6.29 Å². The molecule has 0 amide bonds. The number of carbonyl (C=O) groups excluding carboxylic acids is 1. The average molecular weight is 270 g/mol. The first-order chi connectivity index (χ1) is 9.38. The average Bonchev–Trinajstić information content (AvgIpc) is 2.43. The van der Waals surface area contributed by atoms with E-state index < -0.39 is 5.82 Å². The van der Waals surface area contributed by atoms with Gasteiger partial charge in [0.1, 0.15) is 5.82 Å². The Morgan fingerprint density at radius 3 is 1.80 bits per heavy atom. The van der Waals surface area contributed by atoms with E-state index in [2.05, 4.69) is 34.6 Å². The molecule has 0 spiro atoms. The van der Waals surface area contributed by atoms with Crippen molar-refractivity contribution in [1.29, 1.82) is 0 Å². The molecule has 0 aliphatic rings. The molecular weight excluding hydrogens is 251 g/mol. The highest BCUT2D eigenvalue weighted by Crippen LogP contribution is 2.34. The maximum absolute atomic E-state index is 13.8. The summed E-state index contributed by atoms with van der Waals surface area (Å²) in [6.07, 6.45) is 0.546. The third-order valence-corrected chi connectivity index (χ3v) is 4.42. The standard InChI is InChI=1S/C18H19FO/c1-10-11(2)13(4)18(14(5)12(10)3)15-6-7-16(9-20)17(19)8-15/h6-9H,1-5H3. The zero-order valence-corrected chi connectivity index (χ0v) is 12.6. The van der Waals surface area contributed by atoms with Crippen LogP contribution in [0.25, 0.3) is 11.1 Å². The lowest BCUT2D eigenvalue weighted by atomic mass is 9.86. The van der Waals surface area contributed by atoms with Crippen molar-refractivity contribution in [2.24, 2.45) is 0 Å². The van der Waals surface area contributed by atoms with E-state index in [0.29, 0.717) is 6.29 Å². The Hall–Kier alpha value is -1.96. The molecule has 2 aromatic rings. The number of hydrogen-bond acceptors (Lipinski definition) is 1. The van der Waals surface area contributed by atoms with Crippen LogP contribution in [0.1, 0.15) is 38.2 Å². The fourth-order valence-electron chi connectivity index (χ4n) is 2.71. The van der Waals surface area contributed by atoms with Crippen LogP contribution < -0.4 is 0 Å². The van der Waals surface area contributed by atoms with E-state index in [4.69, 9.17) is 0 Å². The molecule has 0 radical (unpaired) electrons. The number of hydrogen-bond donors (Lipinski definition) is 0. The maximum atomic E-state index is 13.8. The van der Waals surface area contributed by atoms with Crippen molar-refractivity contribution >= 4 is 6.29 Å². The summed E-state index contributed by atoms with van der Waals surface area (Å²) in [4.78, 5) is 10.7. The highest BCUT2D eigenvalue weighted by Gasteiger charge is 2.14. The molecule has 0 fully saturated rings. The van der Waals surface area contributed by atoms with Crippen LogP contribution in [0, 0.1) is 40.4 Å². The predicted molar refractivity (Wildman–Crippen MR) is 80.9 cm³/mol. The molecule has 104 valence electrons. The van der Waals surface area contributed by atoms with Crippen molar-refractivity contribution in [2.45, 2.75) is 34.6 Å². The molecule has 0 saturated carbocycles. The second-order valence-electron chi connectivity index (χ2n) is 5.35. The van der Waals surface area contributed by atoms with Crippen LogP contribution in [0.4, 0.5) is 4.39 Å². The SMILES string of the molecule is Cc1c(C)c(C)c(-c2ccc(C=O)c(F)c2)c(C)c1C. The summed E-state index contributed by atoms with van der Waals surface area (Å²) in [5.74, 6) is -0.466. The van der Waals surface area contributed by atoms with Gasteiger partial charge in [0.2, 0.25) is 0 Å². The smallest absolute Gasteiger partial charge is 0.152 e. The van der Waals surface area contributed by atoms with E-state index in [1.54, 1.807) is 6.07 Å². The van der Waals surface area contributed by atoms with Gasteiger partial charge in [-0.2, -0.15) is 0 Å². The molecule has 2 rings (SSSR count). The molecule has 1 nitrogen and oxygen atoms in total. The van der Waals surface area contributed by atoms with Crippen LogP contribution in [0.5, 0.6) is 0 Å². The van der Waals surface area contributed by atoms with Crippen LogP contribution in [-0.4, -0.2) is 6.29 Å². The minimum absolute atomic E-state index is 0.101. The van der Waals surface area contributed by atoms with E-state index in [-0.39, 0.29) is 5.56 Å². The molecule has 0 saturated heterocycles. The van der Waals surface area contributed by atoms with E-state index in [0.717, 1.165) is 11.1 Å². The minimum atomic E-state index is -0.466. The normalized spacial score (nSPS) is 10.7.